The molecular weight excluding hydrogens is 482 g/mol. The summed E-state index contributed by atoms with van der Waals surface area (Å²) >= 11 is 1.41. The van der Waals surface area contributed by atoms with Gasteiger partial charge in [-0.3, -0.25) is 4.57 Å². The summed E-state index contributed by atoms with van der Waals surface area (Å²) in [4.78, 5) is 21.3. The highest BCUT2D eigenvalue weighted by Gasteiger charge is 2.31. The van der Waals surface area contributed by atoms with Crippen LogP contribution in [0.4, 0.5) is 11.6 Å². The van der Waals surface area contributed by atoms with Crippen LogP contribution in [0.3, 0.4) is 0 Å². The lowest BCUT2D eigenvalue weighted by atomic mass is 10.2. The predicted octanol–water partition coefficient (Wildman–Crippen LogP) is 3.16. The summed E-state index contributed by atoms with van der Waals surface area (Å²) in [6.07, 6.45) is 1.52. The van der Waals surface area contributed by atoms with Crippen LogP contribution >= 0.6 is 11.9 Å². The molecule has 1 fully saturated rings. The van der Waals surface area contributed by atoms with E-state index in [-0.39, 0.29) is 6.10 Å². The van der Waals surface area contributed by atoms with Gasteiger partial charge < -0.3 is 28.9 Å². The molecule has 11 nitrogen and oxygen atoms in total. The molecule has 1 aliphatic rings. The Labute approximate surface area is 212 Å². The molecule has 188 valence electrons. The van der Waals surface area contributed by atoms with Gasteiger partial charge in [0.25, 0.3) is 0 Å². The summed E-state index contributed by atoms with van der Waals surface area (Å²) in [6, 6.07) is 11.1. The fourth-order valence-electron chi connectivity index (χ4n) is 4.10. The lowest BCUT2D eigenvalue weighted by Gasteiger charge is -2.37. The average Bonchev–Trinajstić information content (AvgIpc) is 3.24. The minimum Gasteiger partial charge on any atom is -0.494 e. The fraction of sp³-hybridized carbons (Fsp3) is 0.333. The number of nitrogens with one attached hydrogen (secondary N) is 1. The van der Waals surface area contributed by atoms with Gasteiger partial charge in [0.1, 0.15) is 22.9 Å². The lowest BCUT2D eigenvalue weighted by Crippen LogP contribution is -2.51. The second-order valence-electron chi connectivity index (χ2n) is 7.98. The molecule has 0 aliphatic carbocycles. The SMILES string of the molecule is CCOc1cccc(-c2nc3nc(N4CC(O)C4)c(NSC)nc3n2-c2c(OC)cccc2OC)n1. The van der Waals surface area contributed by atoms with E-state index in [0.29, 0.717) is 77.2 Å². The zero-order valence-electron chi connectivity index (χ0n) is 20.4. The van der Waals surface area contributed by atoms with Crippen molar-refractivity contribution in [2.45, 2.75) is 13.0 Å². The third-order valence-corrected chi connectivity index (χ3v) is 6.11. The lowest BCUT2D eigenvalue weighted by molar-refractivity contribution is 0.141. The number of para-hydroxylation sites is 1. The Morgan fingerprint density at radius 1 is 1.03 bits per heavy atom. The summed E-state index contributed by atoms with van der Waals surface area (Å²) in [6.45, 7) is 3.36. The van der Waals surface area contributed by atoms with Gasteiger partial charge in [0.05, 0.1) is 26.9 Å². The van der Waals surface area contributed by atoms with Gasteiger partial charge in [-0.05, 0) is 25.1 Å². The van der Waals surface area contributed by atoms with E-state index in [1.807, 2.05) is 53.0 Å². The second kappa shape index (κ2) is 10.1. The smallest absolute Gasteiger partial charge is 0.213 e. The van der Waals surface area contributed by atoms with Gasteiger partial charge in [-0.1, -0.05) is 24.1 Å². The molecular formula is C24H27N7O4S. The van der Waals surface area contributed by atoms with Crippen LogP contribution in [-0.2, 0) is 0 Å². The molecule has 0 bridgehead atoms. The van der Waals surface area contributed by atoms with E-state index in [1.165, 1.54) is 11.9 Å². The molecule has 0 radical (unpaired) electrons. The van der Waals surface area contributed by atoms with E-state index in [1.54, 1.807) is 20.3 Å². The normalized spacial score (nSPS) is 13.5. The fourth-order valence-corrected chi connectivity index (χ4v) is 4.43. The molecule has 0 unspecified atom stereocenters. The van der Waals surface area contributed by atoms with E-state index < -0.39 is 0 Å². The van der Waals surface area contributed by atoms with Crippen LogP contribution in [0.1, 0.15) is 6.92 Å². The molecule has 5 rings (SSSR count). The van der Waals surface area contributed by atoms with Gasteiger partial charge >= 0.3 is 0 Å². The maximum absolute atomic E-state index is 9.86. The van der Waals surface area contributed by atoms with Crippen molar-refractivity contribution in [1.29, 1.82) is 0 Å². The zero-order chi connectivity index (χ0) is 25.2. The van der Waals surface area contributed by atoms with Crippen molar-refractivity contribution < 1.29 is 19.3 Å². The first kappa shape index (κ1) is 23.9. The van der Waals surface area contributed by atoms with Crippen LogP contribution < -0.4 is 23.8 Å². The highest BCUT2D eigenvalue weighted by Crippen LogP contribution is 2.39. The first-order valence-electron chi connectivity index (χ1n) is 11.4. The minimum absolute atomic E-state index is 0.388. The number of imidazole rings is 1. The standard InChI is InChI=1S/C24H27N7O4S/c1-5-35-18-11-6-8-15(25-18)22-26-20-24(31(22)19-16(33-2)9-7-10-17(19)34-3)28-21(29-36-4)23(27-20)30-12-14(32)13-30/h6-11,14,32H,5,12-13H2,1-4H3,(H,28,29). The first-order valence-corrected chi connectivity index (χ1v) is 12.6. The van der Waals surface area contributed by atoms with Crippen molar-refractivity contribution in [3.05, 3.63) is 36.4 Å². The number of nitrogens with zero attached hydrogens (tertiary/aromatic N) is 6. The van der Waals surface area contributed by atoms with Crippen molar-refractivity contribution in [2.24, 2.45) is 0 Å². The quantitative estimate of drug-likeness (QED) is 0.324. The summed E-state index contributed by atoms with van der Waals surface area (Å²) in [5.41, 5.74) is 2.12. The zero-order valence-corrected chi connectivity index (χ0v) is 21.2. The number of benzene rings is 1. The van der Waals surface area contributed by atoms with E-state index in [9.17, 15) is 5.11 Å². The summed E-state index contributed by atoms with van der Waals surface area (Å²) in [7, 11) is 3.20. The van der Waals surface area contributed by atoms with Crippen LogP contribution in [0.15, 0.2) is 36.4 Å². The van der Waals surface area contributed by atoms with Crippen molar-refractivity contribution in [3.8, 4) is 34.6 Å². The maximum Gasteiger partial charge on any atom is 0.213 e. The van der Waals surface area contributed by atoms with Crippen LogP contribution in [0, 0.1) is 0 Å². The topological polar surface area (TPSA) is 120 Å². The number of hydrogen-bond donors (Lipinski definition) is 2. The summed E-state index contributed by atoms with van der Waals surface area (Å²) < 4.78 is 22.1. The molecule has 0 amide bonds. The number of hydrogen-bond acceptors (Lipinski definition) is 11. The third-order valence-electron chi connectivity index (χ3n) is 5.71. The van der Waals surface area contributed by atoms with Crippen LogP contribution in [0.25, 0.3) is 28.5 Å². The maximum atomic E-state index is 9.86. The van der Waals surface area contributed by atoms with Crippen molar-refractivity contribution in [1.82, 2.24) is 24.5 Å². The second-order valence-corrected chi connectivity index (χ2v) is 8.60. The number of aliphatic hydroxyl groups is 1. The van der Waals surface area contributed by atoms with Gasteiger partial charge in [0.15, 0.2) is 23.1 Å². The first-order chi connectivity index (χ1) is 17.6. The molecule has 1 aromatic carbocycles. The molecule has 2 N–H and O–H groups in total. The van der Waals surface area contributed by atoms with E-state index >= 15 is 0 Å². The molecule has 12 heteroatoms. The highest BCUT2D eigenvalue weighted by molar-refractivity contribution is 7.99. The number of anilines is 2. The van der Waals surface area contributed by atoms with Crippen molar-refractivity contribution >= 4 is 34.9 Å². The van der Waals surface area contributed by atoms with E-state index in [4.69, 9.17) is 29.2 Å². The monoisotopic (exact) mass is 509 g/mol. The number of ether oxygens (including phenoxy) is 3. The van der Waals surface area contributed by atoms with Gasteiger partial charge in [0.2, 0.25) is 11.5 Å². The molecule has 3 aromatic heterocycles. The number of fused-ring (bicyclic) bond motifs is 1. The van der Waals surface area contributed by atoms with Gasteiger partial charge in [-0.25, -0.2) is 19.9 Å². The summed E-state index contributed by atoms with van der Waals surface area (Å²) in [5.74, 6) is 3.34. The largest absolute Gasteiger partial charge is 0.494 e. The van der Waals surface area contributed by atoms with E-state index in [2.05, 4.69) is 9.71 Å². The van der Waals surface area contributed by atoms with Crippen LogP contribution in [-0.4, -0.2) is 75.9 Å². The van der Waals surface area contributed by atoms with Crippen molar-refractivity contribution in [3.63, 3.8) is 0 Å². The Balaban J connectivity index is 1.81. The Morgan fingerprint density at radius 3 is 2.39 bits per heavy atom. The Hall–Kier alpha value is -3.77. The van der Waals surface area contributed by atoms with Crippen LogP contribution in [0.2, 0.25) is 0 Å². The predicted molar refractivity (Wildman–Crippen MR) is 140 cm³/mol. The minimum atomic E-state index is -0.388. The van der Waals surface area contributed by atoms with Crippen LogP contribution in [0.5, 0.6) is 17.4 Å². The Bertz CT molecular complexity index is 1370. The Morgan fingerprint density at radius 2 is 1.75 bits per heavy atom. The Kier molecular flexibility index (Phi) is 6.70. The number of aromatic nitrogens is 5. The molecule has 0 saturated carbocycles. The molecule has 4 heterocycles. The van der Waals surface area contributed by atoms with Gasteiger partial charge in [-0.15, -0.1) is 0 Å². The number of pyridine rings is 1. The molecule has 1 saturated heterocycles. The van der Waals surface area contributed by atoms with E-state index in [0.717, 1.165) is 0 Å². The molecule has 4 aromatic rings. The number of rotatable bonds is 9. The molecule has 1 aliphatic heterocycles. The molecule has 36 heavy (non-hydrogen) atoms. The highest BCUT2D eigenvalue weighted by atomic mass is 32.2. The van der Waals surface area contributed by atoms with Gasteiger partial charge in [-0.2, -0.15) is 0 Å². The number of methoxy groups -OCH3 is 2. The molecule has 0 spiro atoms. The summed E-state index contributed by atoms with van der Waals surface area (Å²) in [5, 5.41) is 9.86. The van der Waals surface area contributed by atoms with Gasteiger partial charge in [0, 0.05) is 25.4 Å². The van der Waals surface area contributed by atoms with Crippen molar-refractivity contribution in [2.75, 3.05) is 49.8 Å². The number of aliphatic hydroxyl groups excluding tert-OH is 1. The number of β-amino-alcohol motifs (C(OH)–C–C–N with tert-alkyl or cyclic N) is 1. The average molecular weight is 510 g/mol. The molecule has 0 atom stereocenters. The third kappa shape index (κ3) is 4.22.